The van der Waals surface area contributed by atoms with Crippen LogP contribution in [0.1, 0.15) is 67.4 Å². The van der Waals surface area contributed by atoms with E-state index in [9.17, 15) is 14.7 Å². The van der Waals surface area contributed by atoms with Gasteiger partial charge in [0.25, 0.3) is 0 Å². The monoisotopic (exact) mass is 456 g/mol. The van der Waals surface area contributed by atoms with Gasteiger partial charge >= 0.3 is 5.97 Å². The molecular formula is C26H33ClN2O3. The molecule has 172 valence electrons. The van der Waals surface area contributed by atoms with Crippen LogP contribution in [0.3, 0.4) is 0 Å². The summed E-state index contributed by atoms with van der Waals surface area (Å²) in [7, 11) is 0. The Hall–Kier alpha value is -2.37. The van der Waals surface area contributed by atoms with Crippen molar-refractivity contribution in [2.75, 3.05) is 18.0 Å². The zero-order chi connectivity index (χ0) is 23.1. The van der Waals surface area contributed by atoms with Crippen molar-refractivity contribution in [2.24, 2.45) is 5.92 Å². The first-order valence-corrected chi connectivity index (χ1v) is 11.9. The number of carbonyl (C=O) groups is 2. The lowest BCUT2D eigenvalue weighted by Gasteiger charge is -2.30. The smallest absolute Gasteiger partial charge is 0.335 e. The summed E-state index contributed by atoms with van der Waals surface area (Å²) < 4.78 is 0. The van der Waals surface area contributed by atoms with Gasteiger partial charge < -0.3 is 10.0 Å². The van der Waals surface area contributed by atoms with Crippen LogP contribution in [0.5, 0.6) is 0 Å². The quantitative estimate of drug-likeness (QED) is 0.613. The number of hydrogen-bond donors (Lipinski definition) is 1. The largest absolute Gasteiger partial charge is 0.478 e. The van der Waals surface area contributed by atoms with Gasteiger partial charge in [0, 0.05) is 36.3 Å². The second kappa shape index (κ2) is 11.5. The molecule has 0 saturated heterocycles. The van der Waals surface area contributed by atoms with Gasteiger partial charge in [-0.25, -0.2) is 4.79 Å². The zero-order valence-electron chi connectivity index (χ0n) is 19.0. The van der Waals surface area contributed by atoms with Gasteiger partial charge in [0.2, 0.25) is 5.91 Å². The van der Waals surface area contributed by atoms with Crippen molar-refractivity contribution in [1.82, 2.24) is 4.90 Å². The van der Waals surface area contributed by atoms with E-state index in [1.165, 1.54) is 0 Å². The van der Waals surface area contributed by atoms with E-state index in [-0.39, 0.29) is 17.4 Å². The van der Waals surface area contributed by atoms with E-state index in [0.29, 0.717) is 18.1 Å². The summed E-state index contributed by atoms with van der Waals surface area (Å²) in [5.74, 6) is -1.01. The van der Waals surface area contributed by atoms with Crippen molar-refractivity contribution in [3.63, 3.8) is 0 Å². The highest BCUT2D eigenvalue weighted by atomic mass is 35.5. The van der Waals surface area contributed by atoms with Gasteiger partial charge in [-0.1, -0.05) is 56.8 Å². The van der Waals surface area contributed by atoms with Crippen LogP contribution in [0.15, 0.2) is 42.5 Å². The molecule has 0 aliphatic carbocycles. The molecule has 1 N–H and O–H groups in total. The van der Waals surface area contributed by atoms with Crippen molar-refractivity contribution in [2.45, 2.75) is 59.0 Å². The summed E-state index contributed by atoms with van der Waals surface area (Å²) in [4.78, 5) is 29.0. The molecule has 1 heterocycles. The number of nitrogens with zero attached hydrogens (tertiary/aromatic N) is 2. The minimum absolute atomic E-state index is 0.0766. The van der Waals surface area contributed by atoms with Crippen LogP contribution in [0.25, 0.3) is 0 Å². The van der Waals surface area contributed by atoms with E-state index >= 15 is 0 Å². The summed E-state index contributed by atoms with van der Waals surface area (Å²) in [5, 5.41) is 10.3. The summed E-state index contributed by atoms with van der Waals surface area (Å²) in [5.41, 5.74) is 3.07. The van der Waals surface area contributed by atoms with Crippen molar-refractivity contribution in [1.29, 1.82) is 0 Å². The predicted molar refractivity (Wildman–Crippen MR) is 129 cm³/mol. The number of carboxylic acids is 1. The number of fused-ring (bicyclic) bond motifs is 1. The fourth-order valence-corrected chi connectivity index (χ4v) is 4.47. The first-order chi connectivity index (χ1) is 15.3. The zero-order valence-corrected chi connectivity index (χ0v) is 19.8. The maximum atomic E-state index is 13.1. The van der Waals surface area contributed by atoms with Crippen LogP contribution in [0, 0.1) is 5.92 Å². The number of aromatic carboxylic acids is 1. The first-order valence-electron chi connectivity index (χ1n) is 11.5. The molecule has 0 atom stereocenters. The average Bonchev–Trinajstić information content (AvgIpc) is 2.74. The number of halogens is 1. The molecule has 0 unspecified atom stereocenters. The summed E-state index contributed by atoms with van der Waals surface area (Å²) in [6, 6.07) is 13.0. The fraction of sp³-hybridized carbons (Fsp3) is 0.462. The second-order valence-electron chi connectivity index (χ2n) is 8.90. The lowest BCUT2D eigenvalue weighted by Crippen LogP contribution is -2.37. The molecule has 1 amide bonds. The summed E-state index contributed by atoms with van der Waals surface area (Å²) in [6.45, 7) is 6.68. The molecule has 0 bridgehead atoms. The van der Waals surface area contributed by atoms with E-state index in [4.69, 9.17) is 11.6 Å². The minimum Gasteiger partial charge on any atom is -0.478 e. The summed E-state index contributed by atoms with van der Waals surface area (Å²) >= 11 is 6.20. The maximum Gasteiger partial charge on any atom is 0.335 e. The molecule has 3 rings (SSSR count). The van der Waals surface area contributed by atoms with Gasteiger partial charge in [-0.05, 0) is 60.8 Å². The standard InChI is InChI=1S/C26H33ClN2O3/c1-19(2)25(30)29-14-7-5-3-4-6-13-28(17-20-9-8-10-23(27)15-20)18-22-16-21(26(31)32)11-12-24(22)29/h8-12,15-16,19H,3-7,13-14,17-18H2,1-2H3,(H,31,32). The van der Waals surface area contributed by atoms with E-state index in [0.717, 1.165) is 62.0 Å². The fourth-order valence-electron chi connectivity index (χ4n) is 4.25. The van der Waals surface area contributed by atoms with Crippen molar-refractivity contribution < 1.29 is 14.7 Å². The molecule has 0 aromatic heterocycles. The number of anilines is 1. The van der Waals surface area contributed by atoms with Crippen LogP contribution in [-0.4, -0.2) is 35.0 Å². The molecular weight excluding hydrogens is 424 g/mol. The van der Waals surface area contributed by atoms with Gasteiger partial charge in [-0.15, -0.1) is 0 Å². The van der Waals surface area contributed by atoms with E-state index in [1.54, 1.807) is 12.1 Å². The molecule has 2 aromatic carbocycles. The van der Waals surface area contributed by atoms with Crippen LogP contribution in [-0.2, 0) is 17.9 Å². The second-order valence-corrected chi connectivity index (χ2v) is 9.34. The van der Waals surface area contributed by atoms with Crippen molar-refractivity contribution in [3.05, 3.63) is 64.2 Å². The molecule has 0 spiro atoms. The van der Waals surface area contributed by atoms with E-state index in [1.807, 2.05) is 43.0 Å². The van der Waals surface area contributed by atoms with Gasteiger partial charge in [0.15, 0.2) is 0 Å². The van der Waals surface area contributed by atoms with Gasteiger partial charge in [-0.2, -0.15) is 0 Å². The summed E-state index contributed by atoms with van der Waals surface area (Å²) in [6.07, 6.45) is 5.42. The van der Waals surface area contributed by atoms with Crippen LogP contribution >= 0.6 is 11.6 Å². The third kappa shape index (κ3) is 6.57. The number of benzene rings is 2. The van der Waals surface area contributed by atoms with Crippen molar-refractivity contribution >= 4 is 29.2 Å². The lowest BCUT2D eigenvalue weighted by molar-refractivity contribution is -0.121. The highest BCUT2D eigenvalue weighted by molar-refractivity contribution is 6.30. The SMILES string of the molecule is CC(C)C(=O)N1CCCCCCCN(Cc2cccc(Cl)c2)Cc2cc(C(=O)O)ccc21. The van der Waals surface area contributed by atoms with Crippen molar-refractivity contribution in [3.8, 4) is 0 Å². The number of rotatable bonds is 4. The molecule has 32 heavy (non-hydrogen) atoms. The average molecular weight is 457 g/mol. The number of amides is 1. The first kappa shape index (κ1) is 24.3. The Morgan fingerprint density at radius 2 is 1.72 bits per heavy atom. The van der Waals surface area contributed by atoms with Gasteiger partial charge in [-0.3, -0.25) is 9.69 Å². The van der Waals surface area contributed by atoms with Gasteiger partial charge in [0.05, 0.1) is 5.56 Å². The number of carboxylic acid groups (broad SMARTS) is 1. The highest BCUT2D eigenvalue weighted by Crippen LogP contribution is 2.28. The Kier molecular flexibility index (Phi) is 8.71. The highest BCUT2D eigenvalue weighted by Gasteiger charge is 2.23. The van der Waals surface area contributed by atoms with Gasteiger partial charge in [0.1, 0.15) is 0 Å². The minimum atomic E-state index is -0.956. The van der Waals surface area contributed by atoms with E-state index in [2.05, 4.69) is 11.0 Å². The Bertz CT molecular complexity index is 944. The molecule has 0 fully saturated rings. The maximum absolute atomic E-state index is 13.1. The topological polar surface area (TPSA) is 60.9 Å². The van der Waals surface area contributed by atoms with Crippen LogP contribution in [0.4, 0.5) is 5.69 Å². The van der Waals surface area contributed by atoms with E-state index < -0.39 is 5.97 Å². The molecule has 0 radical (unpaired) electrons. The van der Waals surface area contributed by atoms with Crippen LogP contribution in [0.2, 0.25) is 5.02 Å². The molecule has 1 aliphatic rings. The molecule has 1 aliphatic heterocycles. The molecule has 0 saturated carbocycles. The number of hydrogen-bond acceptors (Lipinski definition) is 3. The Balaban J connectivity index is 2.00. The Morgan fingerprint density at radius 3 is 2.41 bits per heavy atom. The normalized spacial score (nSPS) is 16.2. The molecule has 5 nitrogen and oxygen atoms in total. The predicted octanol–water partition coefficient (Wildman–Crippen LogP) is 5.99. The third-order valence-corrected chi connectivity index (χ3v) is 6.16. The molecule has 6 heteroatoms. The van der Waals surface area contributed by atoms with Crippen LogP contribution < -0.4 is 4.90 Å². The lowest BCUT2D eigenvalue weighted by atomic mass is 10.0. The third-order valence-electron chi connectivity index (χ3n) is 5.92. The Morgan fingerprint density at radius 1 is 1.00 bits per heavy atom. The Labute approximate surface area is 196 Å². The molecule has 2 aromatic rings. The number of carbonyl (C=O) groups excluding carboxylic acids is 1.